The number of nitrogens with zero attached hydrogens (tertiary/aromatic N) is 4. The normalized spacial score (nSPS) is 12.2. The quantitative estimate of drug-likeness (QED) is 0.183. The van der Waals surface area contributed by atoms with Crippen LogP contribution in [0.1, 0.15) is 56.4 Å². The van der Waals surface area contributed by atoms with E-state index in [-0.39, 0.29) is 17.7 Å². The van der Waals surface area contributed by atoms with E-state index in [0.29, 0.717) is 10.9 Å². The van der Waals surface area contributed by atoms with E-state index >= 15 is 0 Å². The lowest BCUT2D eigenvalue weighted by molar-refractivity contribution is 0.640. The number of fused-ring (bicyclic) bond motifs is 7. The molecule has 244 valence electrons. The number of hydrogen-bond donors (Lipinski definition) is 0. The molecule has 0 aliphatic rings. The summed E-state index contributed by atoms with van der Waals surface area (Å²) in [6, 6.07) is 37.3. The highest BCUT2D eigenvalue weighted by Crippen LogP contribution is 2.45. The number of aryl methyl sites for hydroxylation is 1. The van der Waals surface area contributed by atoms with Crippen molar-refractivity contribution in [2.24, 2.45) is 0 Å². The Balaban J connectivity index is 1.43. The maximum Gasteiger partial charge on any atom is 0.147 e. The Hall–Kier alpha value is -5.46. The number of aromatic nitrogens is 4. The molecule has 0 radical (unpaired) electrons. The van der Waals surface area contributed by atoms with Crippen LogP contribution in [0.15, 0.2) is 109 Å². The van der Waals surface area contributed by atoms with E-state index in [4.69, 9.17) is 15.0 Å². The lowest BCUT2D eigenvalue weighted by Gasteiger charge is -2.25. The zero-order chi connectivity index (χ0) is 34.3. The van der Waals surface area contributed by atoms with Crippen molar-refractivity contribution in [3.63, 3.8) is 0 Å². The van der Waals surface area contributed by atoms with Crippen LogP contribution in [0.4, 0.5) is 4.39 Å². The van der Waals surface area contributed by atoms with Gasteiger partial charge in [0.05, 0.1) is 27.8 Å². The summed E-state index contributed by atoms with van der Waals surface area (Å²) < 4.78 is 18.5. The summed E-state index contributed by atoms with van der Waals surface area (Å²) in [5.74, 6) is 1.08. The summed E-state index contributed by atoms with van der Waals surface area (Å²) in [6.07, 6.45) is 0. The Bertz CT molecular complexity index is 2760. The largest absolute Gasteiger partial charge is 0.291 e. The molecule has 0 N–H and O–H groups in total. The maximum atomic E-state index is 15.0. The van der Waals surface area contributed by atoms with E-state index in [1.807, 2.05) is 19.1 Å². The highest BCUT2D eigenvalue weighted by Gasteiger charge is 2.26. The van der Waals surface area contributed by atoms with Crippen LogP contribution in [-0.2, 0) is 0 Å². The first-order valence-electron chi connectivity index (χ1n) is 17.2. The van der Waals surface area contributed by atoms with Crippen LogP contribution in [0.3, 0.4) is 0 Å². The van der Waals surface area contributed by atoms with E-state index in [1.165, 1.54) is 34.0 Å². The average Bonchev–Trinajstić information content (AvgIpc) is 3.69. The first-order valence-corrected chi connectivity index (χ1v) is 18.0. The monoisotopic (exact) mass is 670 g/mol. The highest BCUT2D eigenvalue weighted by atomic mass is 32.1. The Morgan fingerprint density at radius 2 is 1.32 bits per heavy atom. The number of pyridine rings is 2. The average molecular weight is 671 g/mol. The molecule has 0 amide bonds. The minimum absolute atomic E-state index is 0.235. The zero-order valence-corrected chi connectivity index (χ0v) is 29.4. The van der Waals surface area contributed by atoms with Crippen molar-refractivity contribution in [3.8, 4) is 28.2 Å². The van der Waals surface area contributed by atoms with Crippen LogP contribution in [0, 0.1) is 12.7 Å². The van der Waals surface area contributed by atoms with Crippen molar-refractivity contribution in [3.05, 3.63) is 132 Å². The van der Waals surface area contributed by atoms with Gasteiger partial charge in [0.2, 0.25) is 0 Å². The van der Waals surface area contributed by atoms with Crippen LogP contribution >= 0.6 is 11.3 Å². The minimum atomic E-state index is -0.258. The molecule has 5 aromatic carbocycles. The standard InChI is InChI=1S/C44H35FN4S/c1-24(2)32-21-28(27-11-7-6-8-12-27)22-33(25(3)4)40(32)49-41-30-18-17-26(5)46-38(30)19-20-39(41)47-43(49)31-14-9-13-29-34-23-35-36(45)15-10-16-37(35)48-44(34)50-42(29)31/h6-25H,1-5H3. The molecular weight excluding hydrogens is 636 g/mol. The van der Waals surface area contributed by atoms with E-state index < -0.39 is 0 Å². The van der Waals surface area contributed by atoms with Crippen LogP contribution in [-0.4, -0.2) is 19.5 Å². The molecule has 9 rings (SSSR count). The summed E-state index contributed by atoms with van der Waals surface area (Å²) in [7, 11) is 0. The molecule has 0 fully saturated rings. The van der Waals surface area contributed by atoms with Crippen LogP contribution < -0.4 is 0 Å². The Labute approximate surface area is 293 Å². The van der Waals surface area contributed by atoms with Crippen molar-refractivity contribution < 1.29 is 4.39 Å². The second-order valence-corrected chi connectivity index (χ2v) is 14.8. The second-order valence-electron chi connectivity index (χ2n) is 13.8. The van der Waals surface area contributed by atoms with Crippen LogP contribution in [0.5, 0.6) is 0 Å². The molecule has 6 heteroatoms. The van der Waals surface area contributed by atoms with Crippen molar-refractivity contribution in [1.82, 2.24) is 19.5 Å². The number of benzene rings is 5. The van der Waals surface area contributed by atoms with Gasteiger partial charge in [-0.05, 0) is 102 Å². The molecule has 4 nitrogen and oxygen atoms in total. The summed E-state index contributed by atoms with van der Waals surface area (Å²) in [5.41, 5.74) is 11.7. The molecule has 0 aliphatic heterocycles. The van der Waals surface area contributed by atoms with Gasteiger partial charge in [-0.25, -0.2) is 14.4 Å². The molecule has 4 aromatic heterocycles. The van der Waals surface area contributed by atoms with Crippen molar-refractivity contribution in [2.75, 3.05) is 0 Å². The highest BCUT2D eigenvalue weighted by molar-refractivity contribution is 7.26. The molecule has 0 saturated heterocycles. The fourth-order valence-corrected chi connectivity index (χ4v) is 8.61. The minimum Gasteiger partial charge on any atom is -0.291 e. The Morgan fingerprint density at radius 1 is 0.600 bits per heavy atom. The number of thiophene rings is 1. The first-order chi connectivity index (χ1) is 24.3. The van der Waals surface area contributed by atoms with E-state index in [1.54, 1.807) is 17.4 Å². The number of hydrogen-bond acceptors (Lipinski definition) is 4. The van der Waals surface area contributed by atoms with Gasteiger partial charge in [-0.15, -0.1) is 11.3 Å². The van der Waals surface area contributed by atoms with Gasteiger partial charge in [0.25, 0.3) is 0 Å². The third-order valence-corrected chi connectivity index (χ3v) is 11.0. The molecule has 0 atom stereocenters. The molecule has 50 heavy (non-hydrogen) atoms. The lowest BCUT2D eigenvalue weighted by Crippen LogP contribution is -2.09. The Kier molecular flexibility index (Phi) is 7.08. The van der Waals surface area contributed by atoms with Crippen molar-refractivity contribution in [2.45, 2.75) is 46.5 Å². The van der Waals surface area contributed by atoms with Crippen molar-refractivity contribution in [1.29, 1.82) is 0 Å². The van der Waals surface area contributed by atoms with Gasteiger partial charge in [-0.3, -0.25) is 9.55 Å². The molecular formula is C44H35FN4S. The van der Waals surface area contributed by atoms with Gasteiger partial charge in [0.1, 0.15) is 16.5 Å². The summed E-state index contributed by atoms with van der Waals surface area (Å²) in [6.45, 7) is 11.2. The molecule has 0 unspecified atom stereocenters. The Morgan fingerprint density at radius 3 is 2.08 bits per heavy atom. The van der Waals surface area contributed by atoms with Gasteiger partial charge in [-0.1, -0.05) is 76.2 Å². The SMILES string of the molecule is Cc1ccc2c(ccc3nc(-c4cccc5c4sc4nc6cccc(F)c6cc45)n(-c4c(C(C)C)cc(-c5ccccc5)cc4C(C)C)c32)n1. The number of imidazole rings is 1. The van der Waals surface area contributed by atoms with Gasteiger partial charge in [0.15, 0.2) is 0 Å². The zero-order valence-electron chi connectivity index (χ0n) is 28.6. The lowest BCUT2D eigenvalue weighted by atomic mass is 9.88. The summed E-state index contributed by atoms with van der Waals surface area (Å²) >= 11 is 1.64. The predicted octanol–water partition coefficient (Wildman–Crippen LogP) is 12.5. The third-order valence-electron chi connectivity index (χ3n) is 9.88. The molecule has 0 aliphatic carbocycles. The van der Waals surface area contributed by atoms with E-state index in [9.17, 15) is 4.39 Å². The third kappa shape index (κ3) is 4.73. The van der Waals surface area contributed by atoms with Gasteiger partial charge in [-0.2, -0.15) is 0 Å². The molecule has 0 spiro atoms. The topological polar surface area (TPSA) is 43.6 Å². The van der Waals surface area contributed by atoms with Crippen molar-refractivity contribution >= 4 is 64.5 Å². The summed E-state index contributed by atoms with van der Waals surface area (Å²) in [5, 5.41) is 3.60. The van der Waals surface area contributed by atoms with E-state index in [0.717, 1.165) is 59.3 Å². The van der Waals surface area contributed by atoms with Gasteiger partial charge >= 0.3 is 0 Å². The molecule has 9 aromatic rings. The van der Waals surface area contributed by atoms with Gasteiger partial charge in [0, 0.05) is 37.5 Å². The molecule has 4 heterocycles. The fraction of sp³-hybridized carbons (Fsp3) is 0.159. The van der Waals surface area contributed by atoms with E-state index in [2.05, 4.69) is 117 Å². The molecule has 0 saturated carbocycles. The summed E-state index contributed by atoms with van der Waals surface area (Å²) in [4.78, 5) is 16.2. The maximum absolute atomic E-state index is 15.0. The van der Waals surface area contributed by atoms with Gasteiger partial charge < -0.3 is 0 Å². The first kappa shape index (κ1) is 30.6. The predicted molar refractivity (Wildman–Crippen MR) is 208 cm³/mol. The van der Waals surface area contributed by atoms with Crippen LogP contribution in [0.2, 0.25) is 0 Å². The number of halogens is 1. The smallest absolute Gasteiger partial charge is 0.147 e. The number of rotatable bonds is 5. The second kappa shape index (κ2) is 11.6. The molecule has 0 bridgehead atoms. The van der Waals surface area contributed by atoms with Crippen LogP contribution in [0.25, 0.3) is 81.3 Å². The fourth-order valence-electron chi connectivity index (χ4n) is 7.43.